The van der Waals surface area contributed by atoms with E-state index in [0.717, 1.165) is 37.4 Å². The van der Waals surface area contributed by atoms with E-state index < -0.39 is 0 Å². The summed E-state index contributed by atoms with van der Waals surface area (Å²) in [4.78, 5) is 25.3. The first-order valence-electron chi connectivity index (χ1n) is 9.59. The van der Waals surface area contributed by atoms with Gasteiger partial charge in [-0.25, -0.2) is 14.4 Å². The zero-order valence-corrected chi connectivity index (χ0v) is 16.0. The van der Waals surface area contributed by atoms with Gasteiger partial charge in [-0.05, 0) is 29.8 Å². The molecule has 0 aliphatic carbocycles. The molecule has 1 saturated heterocycles. The number of aromatic nitrogens is 2. The highest BCUT2D eigenvalue weighted by Crippen LogP contribution is 2.18. The fourth-order valence-electron chi connectivity index (χ4n) is 3.30. The van der Waals surface area contributed by atoms with Gasteiger partial charge in [-0.2, -0.15) is 0 Å². The molecule has 1 amide bonds. The molecule has 0 saturated carbocycles. The van der Waals surface area contributed by atoms with Crippen LogP contribution >= 0.6 is 0 Å². The smallest absolute Gasteiger partial charge is 0.254 e. The van der Waals surface area contributed by atoms with Crippen molar-refractivity contribution in [2.24, 2.45) is 0 Å². The summed E-state index contributed by atoms with van der Waals surface area (Å²) in [6, 6.07) is 16.3. The van der Waals surface area contributed by atoms with Gasteiger partial charge in [0.25, 0.3) is 5.91 Å². The normalized spacial score (nSPS) is 14.0. The topological polar surface area (TPSA) is 61.4 Å². The number of carbonyl (C=O) groups is 1. The number of hydrogen-bond acceptors (Lipinski definition) is 5. The largest absolute Gasteiger partial charge is 0.368 e. The molecule has 2 aromatic carbocycles. The molecule has 4 rings (SSSR count). The molecule has 0 bridgehead atoms. The van der Waals surface area contributed by atoms with Crippen LogP contribution in [0.2, 0.25) is 0 Å². The van der Waals surface area contributed by atoms with E-state index in [2.05, 4.69) is 25.1 Å². The Bertz CT molecular complexity index is 939. The van der Waals surface area contributed by atoms with Crippen molar-refractivity contribution in [3.05, 3.63) is 83.9 Å². The van der Waals surface area contributed by atoms with Crippen LogP contribution in [-0.2, 0) is 6.54 Å². The average Bonchev–Trinajstić information content (AvgIpc) is 2.79. The van der Waals surface area contributed by atoms with Crippen molar-refractivity contribution in [1.82, 2.24) is 15.3 Å². The van der Waals surface area contributed by atoms with Gasteiger partial charge in [0.15, 0.2) is 0 Å². The van der Waals surface area contributed by atoms with Gasteiger partial charge in [0.05, 0.1) is 5.56 Å². The van der Waals surface area contributed by atoms with Crippen LogP contribution in [0.1, 0.15) is 15.9 Å². The molecule has 0 spiro atoms. The molecule has 7 heteroatoms. The third kappa shape index (κ3) is 4.68. The summed E-state index contributed by atoms with van der Waals surface area (Å²) < 4.78 is 13.1. The fraction of sp³-hybridized carbons (Fsp3) is 0.227. The van der Waals surface area contributed by atoms with Gasteiger partial charge in [-0.1, -0.05) is 30.3 Å². The molecule has 3 aromatic rings. The molecular weight excluding hydrogens is 369 g/mol. The second-order valence-corrected chi connectivity index (χ2v) is 6.89. The standard InChI is InChI=1S/C22H22FN5O/c23-19-6-8-20(9-7-19)27-10-12-28(13-11-27)22-25-15-18(16-26-22)21(29)24-14-17-4-2-1-3-5-17/h1-9,15-16H,10-14H2,(H,24,29). The summed E-state index contributed by atoms with van der Waals surface area (Å²) in [7, 11) is 0. The van der Waals surface area contributed by atoms with E-state index in [1.165, 1.54) is 12.1 Å². The Morgan fingerprint density at radius 3 is 2.17 bits per heavy atom. The van der Waals surface area contributed by atoms with Gasteiger partial charge < -0.3 is 15.1 Å². The van der Waals surface area contributed by atoms with Crippen LogP contribution in [0.3, 0.4) is 0 Å². The van der Waals surface area contributed by atoms with Crippen molar-refractivity contribution >= 4 is 17.5 Å². The molecule has 6 nitrogen and oxygen atoms in total. The first-order valence-corrected chi connectivity index (χ1v) is 9.59. The van der Waals surface area contributed by atoms with Gasteiger partial charge >= 0.3 is 0 Å². The predicted molar refractivity (Wildman–Crippen MR) is 110 cm³/mol. The second-order valence-electron chi connectivity index (χ2n) is 6.89. The van der Waals surface area contributed by atoms with Crippen LogP contribution < -0.4 is 15.1 Å². The zero-order chi connectivity index (χ0) is 20.1. The molecule has 1 fully saturated rings. The van der Waals surface area contributed by atoms with E-state index in [0.29, 0.717) is 18.1 Å². The van der Waals surface area contributed by atoms with Crippen LogP contribution in [0.25, 0.3) is 0 Å². The Morgan fingerprint density at radius 2 is 1.52 bits per heavy atom. The van der Waals surface area contributed by atoms with E-state index in [-0.39, 0.29) is 11.7 Å². The summed E-state index contributed by atoms with van der Waals surface area (Å²) in [6.45, 7) is 3.59. The number of benzene rings is 2. The van der Waals surface area contributed by atoms with E-state index in [4.69, 9.17) is 0 Å². The molecule has 29 heavy (non-hydrogen) atoms. The summed E-state index contributed by atoms with van der Waals surface area (Å²) >= 11 is 0. The minimum atomic E-state index is -0.228. The number of nitrogens with zero attached hydrogens (tertiary/aromatic N) is 4. The molecule has 148 valence electrons. The van der Waals surface area contributed by atoms with Crippen molar-refractivity contribution < 1.29 is 9.18 Å². The number of amides is 1. The number of carbonyl (C=O) groups excluding carboxylic acids is 1. The summed E-state index contributed by atoms with van der Waals surface area (Å²) in [5.41, 5.74) is 2.49. The third-order valence-corrected chi connectivity index (χ3v) is 4.95. The maximum absolute atomic E-state index is 13.1. The lowest BCUT2D eigenvalue weighted by Gasteiger charge is -2.36. The van der Waals surface area contributed by atoms with Crippen molar-refractivity contribution in [1.29, 1.82) is 0 Å². The molecule has 0 atom stereocenters. The van der Waals surface area contributed by atoms with Crippen LogP contribution in [-0.4, -0.2) is 42.1 Å². The first kappa shape index (κ1) is 18.9. The summed E-state index contributed by atoms with van der Waals surface area (Å²) in [5, 5.41) is 2.88. The lowest BCUT2D eigenvalue weighted by atomic mass is 10.2. The Balaban J connectivity index is 1.31. The molecule has 1 aromatic heterocycles. The monoisotopic (exact) mass is 391 g/mol. The molecular formula is C22H22FN5O. The Hall–Kier alpha value is -3.48. The Labute approximate surface area is 169 Å². The van der Waals surface area contributed by atoms with Crippen molar-refractivity contribution in [3.8, 4) is 0 Å². The lowest BCUT2D eigenvalue weighted by Crippen LogP contribution is -2.47. The quantitative estimate of drug-likeness (QED) is 0.725. The van der Waals surface area contributed by atoms with Gasteiger partial charge in [0, 0.05) is 50.8 Å². The lowest BCUT2D eigenvalue weighted by molar-refractivity contribution is 0.0950. The van der Waals surface area contributed by atoms with Gasteiger partial charge in [-0.3, -0.25) is 4.79 Å². The minimum absolute atomic E-state index is 0.193. The highest BCUT2D eigenvalue weighted by atomic mass is 19.1. The Morgan fingerprint density at radius 1 is 0.897 bits per heavy atom. The first-order chi connectivity index (χ1) is 14.2. The number of piperazine rings is 1. The molecule has 0 radical (unpaired) electrons. The number of rotatable bonds is 5. The number of anilines is 2. The number of nitrogens with one attached hydrogen (secondary N) is 1. The van der Waals surface area contributed by atoms with Crippen LogP contribution in [0, 0.1) is 5.82 Å². The van der Waals surface area contributed by atoms with E-state index in [9.17, 15) is 9.18 Å². The summed E-state index contributed by atoms with van der Waals surface area (Å²) in [6.07, 6.45) is 3.13. The molecule has 2 heterocycles. The summed E-state index contributed by atoms with van der Waals surface area (Å²) in [5.74, 6) is 0.193. The van der Waals surface area contributed by atoms with Gasteiger partial charge in [-0.15, -0.1) is 0 Å². The second kappa shape index (κ2) is 8.68. The highest BCUT2D eigenvalue weighted by molar-refractivity contribution is 5.93. The third-order valence-electron chi connectivity index (χ3n) is 4.95. The molecule has 1 aliphatic rings. The number of halogens is 1. The SMILES string of the molecule is O=C(NCc1ccccc1)c1cnc(N2CCN(c3ccc(F)cc3)CC2)nc1. The van der Waals surface area contributed by atoms with E-state index >= 15 is 0 Å². The van der Waals surface area contributed by atoms with Crippen LogP contribution in [0.15, 0.2) is 67.0 Å². The maximum atomic E-state index is 13.1. The maximum Gasteiger partial charge on any atom is 0.254 e. The van der Waals surface area contributed by atoms with Crippen molar-refractivity contribution in [3.63, 3.8) is 0 Å². The van der Waals surface area contributed by atoms with E-state index in [1.807, 2.05) is 30.3 Å². The van der Waals surface area contributed by atoms with E-state index in [1.54, 1.807) is 24.5 Å². The minimum Gasteiger partial charge on any atom is -0.368 e. The predicted octanol–water partition coefficient (Wildman–Crippen LogP) is 2.87. The Kier molecular flexibility index (Phi) is 5.65. The van der Waals surface area contributed by atoms with Gasteiger partial charge in [0.1, 0.15) is 5.82 Å². The average molecular weight is 391 g/mol. The van der Waals surface area contributed by atoms with Gasteiger partial charge in [0.2, 0.25) is 5.95 Å². The number of hydrogen-bond donors (Lipinski definition) is 1. The van der Waals surface area contributed by atoms with Crippen molar-refractivity contribution in [2.75, 3.05) is 36.0 Å². The molecule has 1 N–H and O–H groups in total. The van der Waals surface area contributed by atoms with Crippen LogP contribution in [0.5, 0.6) is 0 Å². The van der Waals surface area contributed by atoms with Crippen molar-refractivity contribution in [2.45, 2.75) is 6.54 Å². The fourth-order valence-corrected chi connectivity index (χ4v) is 3.30. The highest BCUT2D eigenvalue weighted by Gasteiger charge is 2.19. The molecule has 1 aliphatic heterocycles. The zero-order valence-electron chi connectivity index (χ0n) is 16.0. The van der Waals surface area contributed by atoms with Crippen LogP contribution in [0.4, 0.5) is 16.0 Å². The molecule has 0 unspecified atom stereocenters.